The molecule has 6 N–H and O–H groups in total. The zero-order valence-corrected chi connectivity index (χ0v) is 20.6. The molecule has 4 rings (SSSR count). The van der Waals surface area contributed by atoms with Gasteiger partial charge >= 0.3 is 5.69 Å². The number of anilines is 1. The van der Waals surface area contributed by atoms with E-state index >= 15 is 0 Å². The maximum absolute atomic E-state index is 12.6. The Morgan fingerprint density at radius 2 is 1.89 bits per heavy atom. The number of carbonyl (C=O) groups is 2. The van der Waals surface area contributed by atoms with Gasteiger partial charge in [-0.05, 0) is 35.9 Å². The highest BCUT2D eigenvalue weighted by atomic mass is 35.5. The number of hydrogen-bond donors (Lipinski definition) is 6. The van der Waals surface area contributed by atoms with Crippen LogP contribution in [0.4, 0.5) is 5.69 Å². The third-order valence-corrected chi connectivity index (χ3v) is 6.60. The van der Waals surface area contributed by atoms with Gasteiger partial charge in [0.15, 0.2) is 5.17 Å². The monoisotopic (exact) mass is 545 g/mol. The maximum atomic E-state index is 12.6. The topological polar surface area (TPSA) is 186 Å². The Balaban J connectivity index is 1.59. The third kappa shape index (κ3) is 5.95. The molecule has 1 aromatic heterocycles. The summed E-state index contributed by atoms with van der Waals surface area (Å²) in [6, 6.07) is 9.22. The molecule has 0 bridgehead atoms. The number of aromatic amines is 2. The number of aromatic nitrogens is 2. The van der Waals surface area contributed by atoms with Crippen LogP contribution in [0.2, 0.25) is 5.02 Å². The van der Waals surface area contributed by atoms with Crippen molar-refractivity contribution in [2.24, 2.45) is 4.99 Å². The normalized spacial score (nSPS) is 16.9. The number of thioether (sulfide) groups is 1. The Hall–Kier alpha value is -4.23. The summed E-state index contributed by atoms with van der Waals surface area (Å²) >= 11 is 6.95. The van der Waals surface area contributed by atoms with Gasteiger partial charge in [-0.3, -0.25) is 24.4 Å². The first-order chi connectivity index (χ1) is 17.6. The molecule has 1 fully saturated rings. The highest BCUT2D eigenvalue weighted by molar-refractivity contribution is 8.15. The molecule has 0 aliphatic carbocycles. The fraction of sp³-hybridized carbons (Fsp3) is 0.174. The molecule has 1 saturated heterocycles. The van der Waals surface area contributed by atoms with E-state index in [2.05, 4.69) is 20.6 Å². The number of rotatable bonds is 7. The van der Waals surface area contributed by atoms with E-state index in [0.717, 1.165) is 11.8 Å². The molecule has 2 heterocycles. The Morgan fingerprint density at radius 3 is 2.57 bits per heavy atom. The molecule has 3 aromatic rings. The number of nitrogens with zero attached hydrogens (tertiary/aromatic N) is 1. The van der Waals surface area contributed by atoms with Crippen LogP contribution in [0.5, 0.6) is 17.4 Å². The van der Waals surface area contributed by atoms with E-state index in [-0.39, 0.29) is 22.9 Å². The average Bonchev–Trinajstić information content (AvgIpc) is 3.16. The molecule has 0 unspecified atom stereocenters. The van der Waals surface area contributed by atoms with Crippen LogP contribution in [-0.4, -0.2) is 49.5 Å². The SMILES string of the molecule is COc1ccc(Cl)cc1NC(=O)C[C@@H]1SC(=N[C@H](c2ccc(O)cc2)c2c(O)[nH]c(=O)[nH]c2=O)NC1=O. The molecule has 37 heavy (non-hydrogen) atoms. The molecule has 1 aliphatic heterocycles. The van der Waals surface area contributed by atoms with Gasteiger partial charge in [-0.15, -0.1) is 0 Å². The molecular weight excluding hydrogens is 526 g/mol. The van der Waals surface area contributed by atoms with E-state index in [9.17, 15) is 29.4 Å². The van der Waals surface area contributed by atoms with E-state index in [1.807, 2.05) is 4.98 Å². The molecule has 0 spiro atoms. The first-order valence-electron chi connectivity index (χ1n) is 10.7. The van der Waals surface area contributed by atoms with Gasteiger partial charge in [0.2, 0.25) is 17.7 Å². The van der Waals surface area contributed by atoms with Crippen molar-refractivity contribution in [1.82, 2.24) is 15.3 Å². The van der Waals surface area contributed by atoms with Gasteiger partial charge in [-0.25, -0.2) is 9.79 Å². The highest BCUT2D eigenvalue weighted by Crippen LogP contribution is 2.33. The van der Waals surface area contributed by atoms with Crippen LogP contribution in [0.3, 0.4) is 0 Å². The van der Waals surface area contributed by atoms with Crippen molar-refractivity contribution in [3.05, 3.63) is 79.5 Å². The molecule has 0 radical (unpaired) electrons. The van der Waals surface area contributed by atoms with Gasteiger partial charge in [0.05, 0.1) is 12.8 Å². The molecular formula is C23H20ClN5O7S. The van der Waals surface area contributed by atoms with Crippen LogP contribution < -0.4 is 26.6 Å². The summed E-state index contributed by atoms with van der Waals surface area (Å²) in [6.07, 6.45) is -0.209. The van der Waals surface area contributed by atoms with Crippen LogP contribution in [0.1, 0.15) is 23.6 Å². The van der Waals surface area contributed by atoms with Gasteiger partial charge in [0, 0.05) is 11.4 Å². The van der Waals surface area contributed by atoms with E-state index in [1.165, 1.54) is 37.4 Å². The Labute approximate surface area is 217 Å². The average molecular weight is 546 g/mol. The number of amidine groups is 1. The van der Waals surface area contributed by atoms with Crippen molar-refractivity contribution in [1.29, 1.82) is 0 Å². The van der Waals surface area contributed by atoms with Crippen molar-refractivity contribution < 1.29 is 24.5 Å². The van der Waals surface area contributed by atoms with Crippen LogP contribution in [0.15, 0.2) is 57.0 Å². The summed E-state index contributed by atoms with van der Waals surface area (Å²) in [6.45, 7) is 0. The molecule has 1 aliphatic rings. The Bertz CT molecular complexity index is 1500. The van der Waals surface area contributed by atoms with Gasteiger partial charge in [-0.1, -0.05) is 35.5 Å². The molecule has 192 valence electrons. The summed E-state index contributed by atoms with van der Waals surface area (Å²) in [4.78, 5) is 57.8. The van der Waals surface area contributed by atoms with Gasteiger partial charge in [-0.2, -0.15) is 0 Å². The second kappa shape index (κ2) is 10.8. The number of H-pyrrole nitrogens is 2. The van der Waals surface area contributed by atoms with Crippen molar-refractivity contribution in [3.63, 3.8) is 0 Å². The molecule has 0 saturated carbocycles. The summed E-state index contributed by atoms with van der Waals surface area (Å²) in [5.74, 6) is -1.30. The van der Waals surface area contributed by atoms with Crippen molar-refractivity contribution >= 4 is 46.0 Å². The number of hydrogen-bond acceptors (Lipinski definition) is 9. The smallest absolute Gasteiger partial charge is 0.328 e. The number of methoxy groups -OCH3 is 1. The molecule has 14 heteroatoms. The molecule has 2 atom stereocenters. The maximum Gasteiger partial charge on any atom is 0.328 e. The largest absolute Gasteiger partial charge is 0.508 e. The van der Waals surface area contributed by atoms with Crippen molar-refractivity contribution in [3.8, 4) is 17.4 Å². The number of halogens is 1. The molecule has 2 amide bonds. The minimum atomic E-state index is -1.16. The number of aromatic hydroxyl groups is 2. The number of phenolic OH excluding ortho intramolecular Hbond substituents is 1. The van der Waals surface area contributed by atoms with Gasteiger partial charge in [0.1, 0.15) is 28.4 Å². The Morgan fingerprint density at radius 1 is 1.16 bits per heavy atom. The predicted octanol–water partition coefficient (Wildman–Crippen LogP) is 1.84. The third-order valence-electron chi connectivity index (χ3n) is 5.27. The van der Waals surface area contributed by atoms with Crippen molar-refractivity contribution in [2.45, 2.75) is 17.7 Å². The fourth-order valence-corrected chi connectivity index (χ4v) is 4.73. The lowest BCUT2D eigenvalue weighted by Crippen LogP contribution is -2.29. The lowest BCUT2D eigenvalue weighted by atomic mass is 10.0. The lowest BCUT2D eigenvalue weighted by Gasteiger charge is -2.14. The zero-order valence-electron chi connectivity index (χ0n) is 19.1. The Kier molecular flexibility index (Phi) is 7.55. The first kappa shape index (κ1) is 25.9. The van der Waals surface area contributed by atoms with Gasteiger partial charge in [0.25, 0.3) is 5.56 Å². The second-order valence-electron chi connectivity index (χ2n) is 7.79. The number of ether oxygens (including phenoxy) is 1. The standard InChI is InChI=1S/C23H20ClN5O7S/c1-36-14-7-4-11(24)8-13(14)25-16(31)9-15-19(32)29-23(37-15)26-18(10-2-5-12(30)6-3-10)17-20(33)27-22(35)28-21(17)34/h2-8,15,18,30H,9H2,1H3,(H,25,31)(H,26,29,32)(H3,27,28,33,34,35)/t15-,18+/m0/s1. The van der Waals surface area contributed by atoms with E-state index in [1.54, 1.807) is 12.1 Å². The number of benzene rings is 2. The summed E-state index contributed by atoms with van der Waals surface area (Å²) in [5, 5.41) is 24.8. The summed E-state index contributed by atoms with van der Waals surface area (Å²) < 4.78 is 5.21. The molecule has 12 nitrogen and oxygen atoms in total. The van der Waals surface area contributed by atoms with Crippen LogP contribution in [0.25, 0.3) is 0 Å². The predicted molar refractivity (Wildman–Crippen MR) is 138 cm³/mol. The van der Waals surface area contributed by atoms with Crippen LogP contribution in [0, 0.1) is 0 Å². The van der Waals surface area contributed by atoms with Gasteiger partial charge < -0.3 is 25.6 Å². The zero-order chi connectivity index (χ0) is 26.7. The quantitative estimate of drug-likeness (QED) is 0.259. The molecule has 2 aromatic carbocycles. The van der Waals surface area contributed by atoms with E-state index in [4.69, 9.17) is 16.3 Å². The van der Waals surface area contributed by atoms with Crippen LogP contribution >= 0.6 is 23.4 Å². The van der Waals surface area contributed by atoms with Crippen molar-refractivity contribution in [2.75, 3.05) is 12.4 Å². The highest BCUT2D eigenvalue weighted by Gasteiger charge is 2.34. The minimum absolute atomic E-state index is 0.0410. The number of aliphatic imine (C=N–C) groups is 1. The van der Waals surface area contributed by atoms with E-state index in [0.29, 0.717) is 22.0 Å². The van der Waals surface area contributed by atoms with Crippen LogP contribution in [-0.2, 0) is 9.59 Å². The number of phenols is 1. The summed E-state index contributed by atoms with van der Waals surface area (Å²) in [5.41, 5.74) is -1.35. The fourth-order valence-electron chi connectivity index (χ4n) is 3.57. The number of amides is 2. The first-order valence-corrected chi connectivity index (χ1v) is 11.9. The van der Waals surface area contributed by atoms with E-state index < -0.39 is 40.2 Å². The number of nitrogens with one attached hydrogen (secondary N) is 4. The summed E-state index contributed by atoms with van der Waals surface area (Å²) in [7, 11) is 1.44. The minimum Gasteiger partial charge on any atom is -0.508 e. The second-order valence-corrected chi connectivity index (χ2v) is 9.42. The number of carbonyl (C=O) groups excluding carboxylic acids is 2. The lowest BCUT2D eigenvalue weighted by molar-refractivity contribution is -0.122.